The number of amides is 1. The SMILES string of the molecule is Cc1cc(S(=O)(=O)NCC(=O)N(C)c2ccc(Cl)cc2Cc2ccccc2Cl)c(C)cc1Cl. The van der Waals surface area contributed by atoms with E-state index in [9.17, 15) is 13.2 Å². The van der Waals surface area contributed by atoms with Crippen LogP contribution < -0.4 is 9.62 Å². The number of halogens is 3. The summed E-state index contributed by atoms with van der Waals surface area (Å²) >= 11 is 18.6. The Balaban J connectivity index is 1.80. The van der Waals surface area contributed by atoms with Crippen molar-refractivity contribution in [2.75, 3.05) is 18.5 Å². The summed E-state index contributed by atoms with van der Waals surface area (Å²) in [6, 6.07) is 15.7. The van der Waals surface area contributed by atoms with Gasteiger partial charge in [0, 0.05) is 34.2 Å². The molecule has 174 valence electrons. The summed E-state index contributed by atoms with van der Waals surface area (Å²) in [6.45, 7) is 2.97. The van der Waals surface area contributed by atoms with Crippen molar-refractivity contribution >= 4 is 56.4 Å². The molecule has 0 atom stereocenters. The predicted octanol–water partition coefficient (Wildman–Crippen LogP) is 5.80. The Morgan fingerprint density at radius 2 is 1.61 bits per heavy atom. The van der Waals surface area contributed by atoms with Crippen molar-refractivity contribution in [2.24, 2.45) is 0 Å². The van der Waals surface area contributed by atoms with Crippen LogP contribution in [0.2, 0.25) is 15.1 Å². The fourth-order valence-electron chi connectivity index (χ4n) is 3.40. The normalized spacial score (nSPS) is 11.5. The molecule has 0 aliphatic carbocycles. The third kappa shape index (κ3) is 6.08. The highest BCUT2D eigenvalue weighted by atomic mass is 35.5. The Hall–Kier alpha value is -2.09. The van der Waals surface area contributed by atoms with Crippen molar-refractivity contribution in [3.63, 3.8) is 0 Å². The van der Waals surface area contributed by atoms with Crippen molar-refractivity contribution in [3.05, 3.63) is 91.9 Å². The zero-order chi connectivity index (χ0) is 24.3. The summed E-state index contributed by atoms with van der Waals surface area (Å²) in [5.41, 5.74) is 3.42. The second kappa shape index (κ2) is 10.5. The number of anilines is 1. The Labute approximate surface area is 209 Å². The Morgan fingerprint density at radius 1 is 0.909 bits per heavy atom. The molecule has 0 fully saturated rings. The highest BCUT2D eigenvalue weighted by Crippen LogP contribution is 2.29. The third-order valence-corrected chi connectivity index (χ3v) is 7.83. The zero-order valence-corrected chi connectivity index (χ0v) is 21.4. The van der Waals surface area contributed by atoms with Crippen LogP contribution in [0.3, 0.4) is 0 Å². The average Bonchev–Trinajstić information content (AvgIpc) is 2.76. The first-order valence-corrected chi connectivity index (χ1v) is 12.7. The molecule has 1 amide bonds. The number of hydrogen-bond acceptors (Lipinski definition) is 3. The highest BCUT2D eigenvalue weighted by Gasteiger charge is 2.22. The highest BCUT2D eigenvalue weighted by molar-refractivity contribution is 7.89. The molecular weight excluding hydrogens is 503 g/mol. The minimum Gasteiger partial charge on any atom is -0.314 e. The van der Waals surface area contributed by atoms with Gasteiger partial charge in [-0.05, 0) is 72.5 Å². The van der Waals surface area contributed by atoms with E-state index in [1.807, 2.05) is 18.2 Å². The number of rotatable bonds is 7. The number of likely N-dealkylation sites (N-methyl/N-ethyl adjacent to an activating group) is 1. The molecule has 0 spiro atoms. The number of carbonyl (C=O) groups is 1. The minimum atomic E-state index is -3.91. The van der Waals surface area contributed by atoms with Crippen molar-refractivity contribution < 1.29 is 13.2 Å². The molecule has 3 aromatic rings. The monoisotopic (exact) mass is 524 g/mol. The first-order chi connectivity index (χ1) is 15.5. The molecule has 0 aliphatic rings. The lowest BCUT2D eigenvalue weighted by atomic mass is 10.0. The molecule has 0 radical (unpaired) electrons. The maximum Gasteiger partial charge on any atom is 0.241 e. The topological polar surface area (TPSA) is 66.5 Å². The number of carbonyl (C=O) groups excluding carboxylic acids is 1. The molecule has 3 rings (SSSR count). The Kier molecular flexibility index (Phi) is 8.08. The van der Waals surface area contributed by atoms with Gasteiger partial charge in [-0.3, -0.25) is 4.79 Å². The smallest absolute Gasteiger partial charge is 0.241 e. The van der Waals surface area contributed by atoms with E-state index in [2.05, 4.69) is 4.72 Å². The van der Waals surface area contributed by atoms with Gasteiger partial charge >= 0.3 is 0 Å². The van der Waals surface area contributed by atoms with Crippen LogP contribution in [0.15, 0.2) is 59.5 Å². The molecule has 0 heterocycles. The van der Waals surface area contributed by atoms with Crippen LogP contribution in [-0.4, -0.2) is 27.9 Å². The van der Waals surface area contributed by atoms with E-state index in [0.29, 0.717) is 38.3 Å². The fourth-order valence-corrected chi connectivity index (χ4v) is 5.30. The van der Waals surface area contributed by atoms with Gasteiger partial charge in [-0.1, -0.05) is 53.0 Å². The lowest BCUT2D eigenvalue weighted by Gasteiger charge is -2.22. The molecule has 1 N–H and O–H groups in total. The van der Waals surface area contributed by atoms with Gasteiger partial charge in [-0.2, -0.15) is 0 Å². The van der Waals surface area contributed by atoms with Crippen LogP contribution in [0, 0.1) is 13.8 Å². The van der Waals surface area contributed by atoms with Crippen LogP contribution >= 0.6 is 34.8 Å². The van der Waals surface area contributed by atoms with E-state index < -0.39 is 22.5 Å². The van der Waals surface area contributed by atoms with Crippen LogP contribution in [0.1, 0.15) is 22.3 Å². The summed E-state index contributed by atoms with van der Waals surface area (Å²) in [7, 11) is -2.32. The van der Waals surface area contributed by atoms with E-state index in [4.69, 9.17) is 34.8 Å². The van der Waals surface area contributed by atoms with Gasteiger partial charge in [0.25, 0.3) is 0 Å². The fraction of sp³-hybridized carbons (Fsp3) is 0.208. The standard InChI is InChI=1S/C24H23Cl3N2O3S/c1-15-11-23(16(2)10-21(15)27)33(31,32)28-14-24(30)29(3)22-9-8-19(25)13-18(22)12-17-6-4-5-7-20(17)26/h4-11,13,28H,12,14H2,1-3H3. The molecule has 0 unspecified atom stereocenters. The molecule has 3 aromatic carbocycles. The molecule has 9 heteroatoms. The van der Waals surface area contributed by atoms with Crippen molar-refractivity contribution in [3.8, 4) is 0 Å². The lowest BCUT2D eigenvalue weighted by molar-refractivity contribution is -0.117. The van der Waals surface area contributed by atoms with E-state index in [0.717, 1.165) is 11.1 Å². The number of sulfonamides is 1. The van der Waals surface area contributed by atoms with Gasteiger partial charge in [0.2, 0.25) is 15.9 Å². The van der Waals surface area contributed by atoms with Gasteiger partial charge in [0.15, 0.2) is 0 Å². The summed E-state index contributed by atoms with van der Waals surface area (Å²) < 4.78 is 28.0. The van der Waals surface area contributed by atoms with Crippen LogP contribution in [0.5, 0.6) is 0 Å². The number of nitrogens with zero attached hydrogens (tertiary/aromatic N) is 1. The van der Waals surface area contributed by atoms with Gasteiger partial charge in [0.1, 0.15) is 0 Å². The molecule has 0 saturated heterocycles. The van der Waals surface area contributed by atoms with E-state index >= 15 is 0 Å². The average molecular weight is 526 g/mol. The maximum absolute atomic E-state index is 12.9. The molecule has 0 aromatic heterocycles. The molecule has 0 aliphatic heterocycles. The molecule has 0 saturated carbocycles. The quantitative estimate of drug-likeness (QED) is 0.424. The second-order valence-electron chi connectivity index (χ2n) is 7.69. The summed E-state index contributed by atoms with van der Waals surface area (Å²) in [5, 5.41) is 1.62. The van der Waals surface area contributed by atoms with Gasteiger partial charge in [-0.15, -0.1) is 0 Å². The number of nitrogens with one attached hydrogen (secondary N) is 1. The summed E-state index contributed by atoms with van der Waals surface area (Å²) in [5.74, 6) is -0.426. The van der Waals surface area contributed by atoms with Gasteiger partial charge in [-0.25, -0.2) is 13.1 Å². The molecule has 33 heavy (non-hydrogen) atoms. The lowest BCUT2D eigenvalue weighted by Crippen LogP contribution is -2.38. The largest absolute Gasteiger partial charge is 0.314 e. The summed E-state index contributed by atoms with van der Waals surface area (Å²) in [4.78, 5) is 14.4. The first-order valence-electron chi connectivity index (χ1n) is 10.0. The second-order valence-corrected chi connectivity index (χ2v) is 10.7. The van der Waals surface area contributed by atoms with Crippen molar-refractivity contribution in [1.82, 2.24) is 4.72 Å². The number of benzene rings is 3. The zero-order valence-electron chi connectivity index (χ0n) is 18.3. The maximum atomic E-state index is 12.9. The predicted molar refractivity (Wildman–Crippen MR) is 135 cm³/mol. The number of aryl methyl sites for hydroxylation is 2. The number of hydrogen-bond donors (Lipinski definition) is 1. The van der Waals surface area contributed by atoms with Crippen LogP contribution in [0.25, 0.3) is 0 Å². The third-order valence-electron chi connectivity index (χ3n) is 5.27. The van der Waals surface area contributed by atoms with Crippen LogP contribution in [-0.2, 0) is 21.2 Å². The Bertz CT molecular complexity index is 1310. The van der Waals surface area contributed by atoms with Crippen molar-refractivity contribution in [1.29, 1.82) is 0 Å². The van der Waals surface area contributed by atoms with Gasteiger partial charge < -0.3 is 4.90 Å². The first kappa shape index (κ1) is 25.5. The van der Waals surface area contributed by atoms with Crippen LogP contribution in [0.4, 0.5) is 5.69 Å². The minimum absolute atomic E-state index is 0.0887. The molecular formula is C24H23Cl3N2O3S. The molecule has 5 nitrogen and oxygen atoms in total. The molecule has 0 bridgehead atoms. The van der Waals surface area contributed by atoms with E-state index in [1.54, 1.807) is 51.2 Å². The summed E-state index contributed by atoms with van der Waals surface area (Å²) in [6.07, 6.45) is 0.460. The van der Waals surface area contributed by atoms with Gasteiger partial charge in [0.05, 0.1) is 11.4 Å². The van der Waals surface area contributed by atoms with E-state index in [-0.39, 0.29) is 4.90 Å². The Morgan fingerprint density at radius 3 is 2.30 bits per heavy atom. The van der Waals surface area contributed by atoms with Crippen molar-refractivity contribution in [2.45, 2.75) is 25.2 Å². The van der Waals surface area contributed by atoms with E-state index in [1.165, 1.54) is 11.0 Å².